The van der Waals surface area contributed by atoms with Crippen molar-refractivity contribution in [1.82, 2.24) is 9.97 Å². The molecule has 8 heteroatoms. The molecule has 1 aromatic heterocycles. The number of anilines is 2. The summed E-state index contributed by atoms with van der Waals surface area (Å²) in [6.45, 7) is 5.47. The van der Waals surface area contributed by atoms with Gasteiger partial charge in [-0.05, 0) is 38.8 Å². The second kappa shape index (κ2) is 7.35. The Morgan fingerprint density at radius 3 is 2.62 bits per heavy atom. The van der Waals surface area contributed by atoms with Gasteiger partial charge in [0.15, 0.2) is 0 Å². The zero-order valence-corrected chi connectivity index (χ0v) is 14.8. The van der Waals surface area contributed by atoms with Crippen molar-refractivity contribution in [2.45, 2.75) is 32.7 Å². The fraction of sp³-hybridized carbons (Fsp3) is 0.389. The number of nitriles is 1. The minimum Gasteiger partial charge on any atom is -0.377 e. The smallest absolute Gasteiger partial charge is 0.293 e. The Kier molecular flexibility index (Phi) is 4.98. The maximum absolute atomic E-state index is 11.3. The van der Waals surface area contributed by atoms with Crippen molar-refractivity contribution in [2.24, 2.45) is 0 Å². The molecule has 1 aliphatic heterocycles. The molecule has 0 spiro atoms. The van der Waals surface area contributed by atoms with Crippen molar-refractivity contribution in [1.29, 1.82) is 5.26 Å². The first-order chi connectivity index (χ1) is 12.5. The molecule has 0 aliphatic carbocycles. The van der Waals surface area contributed by atoms with Gasteiger partial charge >= 0.3 is 0 Å². The molecule has 3 rings (SSSR count). The number of nitro groups is 1. The highest BCUT2D eigenvalue weighted by Gasteiger charge is 2.23. The van der Waals surface area contributed by atoms with Crippen LogP contribution in [0.5, 0.6) is 0 Å². The molecular formula is C18H20N6O2. The number of hydrogen-bond donors (Lipinski definition) is 1. The average Bonchev–Trinajstić information content (AvgIpc) is 2.61. The van der Waals surface area contributed by atoms with E-state index in [0.717, 1.165) is 43.3 Å². The lowest BCUT2D eigenvalue weighted by Gasteiger charge is -2.33. The van der Waals surface area contributed by atoms with Crippen molar-refractivity contribution in [3.8, 4) is 6.07 Å². The van der Waals surface area contributed by atoms with Crippen molar-refractivity contribution in [3.63, 3.8) is 0 Å². The van der Waals surface area contributed by atoms with E-state index in [1.807, 2.05) is 26.0 Å². The van der Waals surface area contributed by atoms with Crippen LogP contribution in [-0.4, -0.2) is 34.0 Å². The standard InChI is InChI=1S/C18H20N6O2/c1-12-9-18(21-13(2)20-12)23-7-5-15(6-8-23)22-16-4-3-14(11-19)10-17(16)24(25)26/h3-4,9-10,15,22H,5-8H2,1-2H3. The number of aryl methyl sites for hydroxylation is 2. The second-order valence-electron chi connectivity index (χ2n) is 6.42. The highest BCUT2D eigenvalue weighted by Crippen LogP contribution is 2.28. The highest BCUT2D eigenvalue weighted by atomic mass is 16.6. The van der Waals surface area contributed by atoms with Crippen molar-refractivity contribution in [3.05, 3.63) is 51.5 Å². The Morgan fingerprint density at radius 1 is 1.27 bits per heavy atom. The Hall–Kier alpha value is -3.21. The van der Waals surface area contributed by atoms with Crippen molar-refractivity contribution >= 4 is 17.2 Å². The van der Waals surface area contributed by atoms with Gasteiger partial charge in [-0.1, -0.05) is 0 Å². The quantitative estimate of drug-likeness (QED) is 0.665. The van der Waals surface area contributed by atoms with Gasteiger partial charge in [0.2, 0.25) is 0 Å². The first kappa shape index (κ1) is 17.6. The van der Waals surface area contributed by atoms with Gasteiger partial charge in [0.1, 0.15) is 17.3 Å². The van der Waals surface area contributed by atoms with Crippen LogP contribution in [0.3, 0.4) is 0 Å². The summed E-state index contributed by atoms with van der Waals surface area (Å²) in [4.78, 5) is 21.8. The summed E-state index contributed by atoms with van der Waals surface area (Å²) >= 11 is 0. The number of rotatable bonds is 4. The molecule has 2 heterocycles. The van der Waals surface area contributed by atoms with Crippen LogP contribution < -0.4 is 10.2 Å². The zero-order valence-electron chi connectivity index (χ0n) is 14.8. The summed E-state index contributed by atoms with van der Waals surface area (Å²) in [6.07, 6.45) is 1.69. The third kappa shape index (κ3) is 3.88. The molecule has 0 atom stereocenters. The van der Waals surface area contributed by atoms with Crippen LogP contribution >= 0.6 is 0 Å². The van der Waals surface area contributed by atoms with Gasteiger partial charge in [-0.25, -0.2) is 9.97 Å². The molecule has 8 nitrogen and oxygen atoms in total. The lowest BCUT2D eigenvalue weighted by molar-refractivity contribution is -0.384. The zero-order chi connectivity index (χ0) is 18.7. The summed E-state index contributed by atoms with van der Waals surface area (Å²) < 4.78 is 0. The molecule has 0 bridgehead atoms. The van der Waals surface area contributed by atoms with Gasteiger partial charge < -0.3 is 10.2 Å². The van der Waals surface area contributed by atoms with Crippen molar-refractivity contribution < 1.29 is 4.92 Å². The molecular weight excluding hydrogens is 332 g/mol. The van der Waals surface area contributed by atoms with E-state index in [9.17, 15) is 10.1 Å². The number of benzene rings is 1. The molecule has 1 fully saturated rings. The third-order valence-electron chi connectivity index (χ3n) is 4.45. The Labute approximate surface area is 151 Å². The topological polar surface area (TPSA) is 108 Å². The molecule has 1 aliphatic rings. The van der Waals surface area contributed by atoms with E-state index in [0.29, 0.717) is 5.69 Å². The molecule has 0 saturated carbocycles. The predicted octanol–water partition coefficient (Wildman–Crippen LogP) is 2.95. The summed E-state index contributed by atoms with van der Waals surface area (Å²) in [5, 5.41) is 23.5. The molecule has 1 saturated heterocycles. The SMILES string of the molecule is Cc1cc(N2CCC(Nc3ccc(C#N)cc3[N+](=O)[O-])CC2)nc(C)n1. The molecule has 0 amide bonds. The van der Waals surface area contributed by atoms with Crippen LogP contribution in [-0.2, 0) is 0 Å². The first-order valence-corrected chi connectivity index (χ1v) is 8.48. The second-order valence-corrected chi connectivity index (χ2v) is 6.42. The Balaban J connectivity index is 1.68. The fourth-order valence-electron chi connectivity index (χ4n) is 3.21. The monoisotopic (exact) mass is 352 g/mol. The summed E-state index contributed by atoms with van der Waals surface area (Å²) in [5.74, 6) is 1.69. The number of aromatic nitrogens is 2. The lowest BCUT2D eigenvalue weighted by atomic mass is 10.0. The minimum absolute atomic E-state index is 0.0615. The third-order valence-corrected chi connectivity index (χ3v) is 4.45. The molecule has 1 N–H and O–H groups in total. The van der Waals surface area contributed by atoms with Gasteiger partial charge in [-0.3, -0.25) is 10.1 Å². The summed E-state index contributed by atoms with van der Waals surface area (Å²) in [5.41, 5.74) is 1.63. The van der Waals surface area contributed by atoms with E-state index in [-0.39, 0.29) is 17.3 Å². The van der Waals surface area contributed by atoms with Crippen LogP contribution in [0, 0.1) is 35.3 Å². The number of nitrogens with zero attached hydrogens (tertiary/aromatic N) is 5. The van der Waals surface area contributed by atoms with Gasteiger partial charge in [0.25, 0.3) is 5.69 Å². The summed E-state index contributed by atoms with van der Waals surface area (Å²) in [7, 11) is 0. The van der Waals surface area contributed by atoms with E-state index in [1.165, 1.54) is 6.07 Å². The van der Waals surface area contributed by atoms with Crippen LogP contribution in [0.15, 0.2) is 24.3 Å². The Bertz CT molecular complexity index is 848. The number of hydrogen-bond acceptors (Lipinski definition) is 7. The van der Waals surface area contributed by atoms with E-state index in [2.05, 4.69) is 20.2 Å². The molecule has 0 radical (unpaired) electrons. The highest BCUT2D eigenvalue weighted by molar-refractivity contribution is 5.64. The Morgan fingerprint density at radius 2 is 2.00 bits per heavy atom. The fourth-order valence-corrected chi connectivity index (χ4v) is 3.21. The summed E-state index contributed by atoms with van der Waals surface area (Å²) in [6, 6.07) is 8.57. The van der Waals surface area contributed by atoms with E-state index in [1.54, 1.807) is 12.1 Å². The first-order valence-electron chi connectivity index (χ1n) is 8.48. The average molecular weight is 352 g/mol. The maximum Gasteiger partial charge on any atom is 0.293 e. The normalized spacial score (nSPS) is 14.7. The van der Waals surface area contributed by atoms with Gasteiger partial charge in [-0.2, -0.15) is 5.26 Å². The van der Waals surface area contributed by atoms with E-state index in [4.69, 9.17) is 5.26 Å². The van der Waals surface area contributed by atoms with E-state index >= 15 is 0 Å². The van der Waals surface area contributed by atoms with Crippen LogP contribution in [0.2, 0.25) is 0 Å². The maximum atomic E-state index is 11.3. The molecule has 1 aromatic carbocycles. The molecule has 134 valence electrons. The molecule has 2 aromatic rings. The van der Waals surface area contributed by atoms with Gasteiger partial charge in [0.05, 0.1) is 16.6 Å². The number of piperidine rings is 1. The largest absolute Gasteiger partial charge is 0.377 e. The number of nitro benzene ring substituents is 1. The van der Waals surface area contributed by atoms with Crippen molar-refractivity contribution in [2.75, 3.05) is 23.3 Å². The van der Waals surface area contributed by atoms with Crippen LogP contribution in [0.25, 0.3) is 0 Å². The van der Waals surface area contributed by atoms with Crippen LogP contribution in [0.4, 0.5) is 17.2 Å². The van der Waals surface area contributed by atoms with Gasteiger partial charge in [0, 0.05) is 37.0 Å². The predicted molar refractivity (Wildman–Crippen MR) is 98.2 cm³/mol. The van der Waals surface area contributed by atoms with Gasteiger partial charge in [-0.15, -0.1) is 0 Å². The lowest BCUT2D eigenvalue weighted by Crippen LogP contribution is -2.39. The molecule has 0 unspecified atom stereocenters. The number of nitrogens with one attached hydrogen (secondary N) is 1. The minimum atomic E-state index is -0.454. The van der Waals surface area contributed by atoms with E-state index < -0.39 is 4.92 Å². The molecule has 26 heavy (non-hydrogen) atoms. The van der Waals surface area contributed by atoms with Crippen LogP contribution in [0.1, 0.15) is 29.9 Å².